The van der Waals surface area contributed by atoms with Gasteiger partial charge in [-0.25, -0.2) is 4.79 Å². The second-order valence-corrected chi connectivity index (χ2v) is 10.2. The topological polar surface area (TPSA) is 72.4 Å². The number of halogens is 3. The Morgan fingerprint density at radius 1 is 1.08 bits per heavy atom. The van der Waals surface area contributed by atoms with Crippen LogP contribution >= 0.6 is 11.8 Å². The van der Waals surface area contributed by atoms with Crippen LogP contribution in [0.25, 0.3) is 22.2 Å². The first-order valence-corrected chi connectivity index (χ1v) is 12.7. The number of fused-ring (bicyclic) bond motifs is 3. The van der Waals surface area contributed by atoms with E-state index >= 15 is 0 Å². The van der Waals surface area contributed by atoms with Crippen LogP contribution in [0.2, 0.25) is 0 Å². The first kappa shape index (κ1) is 25.7. The molecule has 1 aliphatic heterocycles. The number of rotatable bonds is 6. The number of nitrogens with zero attached hydrogens (tertiary/aromatic N) is 3. The number of hydrogen-bond donors (Lipinski definition) is 1. The van der Waals surface area contributed by atoms with Gasteiger partial charge in [0.05, 0.1) is 28.7 Å². The van der Waals surface area contributed by atoms with Crippen molar-refractivity contribution in [3.8, 4) is 23.1 Å². The highest BCUT2D eigenvalue weighted by Gasteiger charge is 2.42. The van der Waals surface area contributed by atoms with Gasteiger partial charge in [0.1, 0.15) is 0 Å². The van der Waals surface area contributed by atoms with E-state index in [0.29, 0.717) is 11.1 Å². The molecule has 0 spiro atoms. The fraction of sp³-hybridized carbons (Fsp3) is 0.214. The molecule has 3 aromatic carbocycles. The second-order valence-electron chi connectivity index (χ2n) is 9.15. The van der Waals surface area contributed by atoms with E-state index in [-0.39, 0.29) is 22.4 Å². The maximum atomic E-state index is 13.1. The van der Waals surface area contributed by atoms with E-state index in [1.807, 2.05) is 50.5 Å². The normalized spacial score (nSPS) is 12.8. The van der Waals surface area contributed by atoms with Crippen LogP contribution in [0.5, 0.6) is 5.75 Å². The highest BCUT2D eigenvalue weighted by atomic mass is 32.2. The quantitative estimate of drug-likeness (QED) is 0.276. The first-order chi connectivity index (χ1) is 18.2. The van der Waals surface area contributed by atoms with Crippen LogP contribution in [-0.4, -0.2) is 49.2 Å². The van der Waals surface area contributed by atoms with Crippen LogP contribution in [0.3, 0.4) is 0 Å². The van der Waals surface area contributed by atoms with Gasteiger partial charge >= 0.3 is 12.1 Å². The van der Waals surface area contributed by atoms with Gasteiger partial charge in [-0.15, -0.1) is 0 Å². The summed E-state index contributed by atoms with van der Waals surface area (Å²) in [5, 5.41) is 9.51. The van der Waals surface area contributed by atoms with Crippen molar-refractivity contribution in [1.82, 2.24) is 9.88 Å². The molecule has 4 aromatic rings. The summed E-state index contributed by atoms with van der Waals surface area (Å²) in [7, 11) is 4.06. The van der Waals surface area contributed by atoms with Gasteiger partial charge in [-0.1, -0.05) is 30.0 Å². The van der Waals surface area contributed by atoms with Gasteiger partial charge in [-0.3, -0.25) is 0 Å². The van der Waals surface area contributed by atoms with Crippen molar-refractivity contribution in [2.75, 3.05) is 32.1 Å². The molecule has 2 heterocycles. The second kappa shape index (κ2) is 10.1. The Bertz CT molecular complexity index is 1570. The number of carbonyl (C=O) groups excluding carboxylic acids is 1. The molecule has 0 bridgehead atoms. The van der Waals surface area contributed by atoms with Gasteiger partial charge in [0.25, 0.3) is 0 Å². The molecule has 0 unspecified atom stereocenters. The van der Waals surface area contributed by atoms with Crippen LogP contribution in [0.4, 0.5) is 24.5 Å². The van der Waals surface area contributed by atoms with Gasteiger partial charge in [-0.2, -0.15) is 18.4 Å². The monoisotopic (exact) mass is 536 g/mol. The predicted octanol–water partition coefficient (Wildman–Crippen LogP) is 6.73. The number of nitriles is 1. The summed E-state index contributed by atoms with van der Waals surface area (Å²) in [6.07, 6.45) is -4.23. The molecular weight excluding hydrogens is 513 g/mol. The number of aromatic amines is 1. The highest BCUT2D eigenvalue weighted by Crippen LogP contribution is 2.50. The summed E-state index contributed by atoms with van der Waals surface area (Å²) in [6.45, 7) is 1.72. The fourth-order valence-electron chi connectivity index (χ4n) is 4.47. The van der Waals surface area contributed by atoms with E-state index in [1.165, 1.54) is 6.07 Å². The van der Waals surface area contributed by atoms with Crippen LogP contribution in [0, 0.1) is 11.3 Å². The van der Waals surface area contributed by atoms with E-state index in [1.54, 1.807) is 30.0 Å². The fourth-order valence-corrected chi connectivity index (χ4v) is 5.61. The number of hydrogen-bond acceptors (Lipinski definition) is 6. The van der Waals surface area contributed by atoms with Crippen molar-refractivity contribution in [2.24, 2.45) is 0 Å². The standard InChI is InChI=1S/C28H23F3N4O2S/c1-34(2)12-5-13-35-21-6-3-4-7-23(21)38-24-15-18(9-11-22(24)35)25-26(37-27(36)28(29,30)31)19-14-17(16-32)8-10-20(19)33-25/h3-4,6-11,14-15,33H,5,12-13H2,1-2H3. The number of anilines is 2. The predicted molar refractivity (Wildman–Crippen MR) is 141 cm³/mol. The van der Waals surface area contributed by atoms with E-state index in [2.05, 4.69) is 20.9 Å². The Morgan fingerprint density at radius 2 is 1.84 bits per heavy atom. The van der Waals surface area contributed by atoms with Crippen LogP contribution in [0.1, 0.15) is 12.0 Å². The lowest BCUT2D eigenvalue weighted by atomic mass is 10.1. The Morgan fingerprint density at radius 3 is 2.58 bits per heavy atom. The molecule has 1 aliphatic rings. The summed E-state index contributed by atoms with van der Waals surface area (Å²) in [6, 6.07) is 20.2. The number of esters is 1. The third-order valence-corrected chi connectivity index (χ3v) is 7.32. The SMILES string of the molecule is CN(C)CCCN1c2ccccc2Sc2cc(-c3[nH]c4ccc(C#N)cc4c3OC(=O)C(F)(F)F)ccc21. The first-order valence-electron chi connectivity index (χ1n) is 11.8. The largest absolute Gasteiger partial charge is 0.491 e. The smallest absolute Gasteiger partial charge is 0.417 e. The van der Waals surface area contributed by atoms with Crippen molar-refractivity contribution < 1.29 is 22.7 Å². The molecule has 1 aromatic heterocycles. The van der Waals surface area contributed by atoms with Gasteiger partial charge < -0.3 is 19.5 Å². The average Bonchev–Trinajstić information content (AvgIpc) is 3.24. The lowest BCUT2D eigenvalue weighted by Crippen LogP contribution is -2.28. The molecule has 0 saturated carbocycles. The third-order valence-electron chi connectivity index (χ3n) is 6.21. The molecule has 0 fully saturated rings. The molecule has 5 rings (SSSR count). The number of para-hydroxylation sites is 1. The molecule has 0 saturated heterocycles. The molecule has 0 atom stereocenters. The lowest BCUT2D eigenvalue weighted by molar-refractivity contribution is -0.189. The number of nitrogens with one attached hydrogen (secondary N) is 1. The summed E-state index contributed by atoms with van der Waals surface area (Å²) in [5.74, 6) is -2.58. The molecule has 0 aliphatic carbocycles. The van der Waals surface area contributed by atoms with Crippen LogP contribution < -0.4 is 9.64 Å². The van der Waals surface area contributed by atoms with Crippen LogP contribution in [-0.2, 0) is 4.79 Å². The zero-order valence-corrected chi connectivity index (χ0v) is 21.4. The minimum atomic E-state index is -5.17. The van der Waals surface area contributed by atoms with E-state index in [4.69, 9.17) is 4.74 Å². The molecule has 10 heteroatoms. The van der Waals surface area contributed by atoms with Crippen molar-refractivity contribution in [3.63, 3.8) is 0 Å². The number of aromatic nitrogens is 1. The Labute approximate surface area is 221 Å². The van der Waals surface area contributed by atoms with Crippen molar-refractivity contribution in [3.05, 3.63) is 66.2 Å². The molecule has 0 amide bonds. The number of ether oxygens (including phenoxy) is 1. The van der Waals surface area contributed by atoms with E-state index < -0.39 is 12.1 Å². The van der Waals surface area contributed by atoms with Gasteiger partial charge in [-0.05, 0) is 69.5 Å². The molecule has 0 radical (unpaired) electrons. The summed E-state index contributed by atoms with van der Waals surface area (Å²) < 4.78 is 44.3. The Balaban J connectivity index is 1.60. The number of benzene rings is 3. The van der Waals surface area contributed by atoms with Crippen molar-refractivity contribution >= 4 is 40.0 Å². The van der Waals surface area contributed by atoms with Crippen LogP contribution in [0.15, 0.2) is 70.5 Å². The highest BCUT2D eigenvalue weighted by molar-refractivity contribution is 7.99. The third kappa shape index (κ3) is 4.95. The number of alkyl halides is 3. The molecule has 1 N–H and O–H groups in total. The maximum absolute atomic E-state index is 13.1. The van der Waals surface area contributed by atoms with Gasteiger partial charge in [0, 0.05) is 32.8 Å². The molecule has 38 heavy (non-hydrogen) atoms. The van der Waals surface area contributed by atoms with E-state index in [9.17, 15) is 23.2 Å². The zero-order valence-electron chi connectivity index (χ0n) is 20.6. The number of carbonyl (C=O) groups is 1. The van der Waals surface area contributed by atoms with E-state index in [0.717, 1.165) is 40.7 Å². The maximum Gasteiger partial charge on any atom is 0.491 e. The minimum absolute atomic E-state index is 0.220. The lowest BCUT2D eigenvalue weighted by Gasteiger charge is -2.33. The molecule has 6 nitrogen and oxygen atoms in total. The zero-order chi connectivity index (χ0) is 27.0. The Hall–Kier alpha value is -3.94. The van der Waals surface area contributed by atoms with Crippen molar-refractivity contribution in [1.29, 1.82) is 5.26 Å². The number of H-pyrrole nitrogens is 1. The molecular formula is C28H23F3N4O2S. The summed E-state index contributed by atoms with van der Waals surface area (Å²) >= 11 is 1.58. The summed E-state index contributed by atoms with van der Waals surface area (Å²) in [5.41, 5.74) is 3.57. The minimum Gasteiger partial charge on any atom is -0.417 e. The van der Waals surface area contributed by atoms with Gasteiger partial charge in [0.15, 0.2) is 5.75 Å². The average molecular weight is 537 g/mol. The molecule has 194 valence electrons. The van der Waals surface area contributed by atoms with Crippen molar-refractivity contribution in [2.45, 2.75) is 22.4 Å². The van der Waals surface area contributed by atoms with Gasteiger partial charge in [0.2, 0.25) is 0 Å². The Kier molecular flexibility index (Phi) is 6.82. The summed E-state index contributed by atoms with van der Waals surface area (Å²) in [4.78, 5) is 21.3.